The molecule has 2 atom stereocenters. The first-order valence-electron chi connectivity index (χ1n) is 7.76. The molecule has 0 aromatic carbocycles. The van der Waals surface area contributed by atoms with Gasteiger partial charge in [-0.1, -0.05) is 20.8 Å². The van der Waals surface area contributed by atoms with Crippen LogP contribution in [0.25, 0.3) is 0 Å². The van der Waals surface area contributed by atoms with Gasteiger partial charge in [-0.05, 0) is 43.1 Å². The molecule has 20 heavy (non-hydrogen) atoms. The zero-order chi connectivity index (χ0) is 14.6. The minimum atomic E-state index is 0.162. The molecule has 2 rings (SSSR count). The van der Waals surface area contributed by atoms with Gasteiger partial charge >= 0.3 is 0 Å². The van der Waals surface area contributed by atoms with Crippen molar-refractivity contribution in [3.05, 3.63) is 0 Å². The number of hydrogen-bond donors (Lipinski definition) is 2. The second-order valence-corrected chi connectivity index (χ2v) is 10.2. The Labute approximate surface area is 132 Å². The van der Waals surface area contributed by atoms with Gasteiger partial charge in [0.2, 0.25) is 0 Å². The van der Waals surface area contributed by atoms with Crippen molar-refractivity contribution < 1.29 is 4.74 Å². The molecule has 1 spiro atoms. The molecule has 0 aromatic rings. The second-order valence-electron chi connectivity index (χ2n) is 7.09. The summed E-state index contributed by atoms with van der Waals surface area (Å²) in [6.45, 7) is 7.73. The van der Waals surface area contributed by atoms with E-state index < -0.39 is 0 Å². The molecule has 2 aliphatic heterocycles. The Kier molecular flexibility index (Phi) is 6.12. The molecule has 0 saturated carbocycles. The van der Waals surface area contributed by atoms with Crippen LogP contribution in [0.2, 0.25) is 0 Å². The average molecular weight is 319 g/mol. The number of hydrazine groups is 1. The lowest BCUT2D eigenvalue weighted by Gasteiger charge is -2.45. The normalized spacial score (nSPS) is 28.5. The molecule has 2 unspecified atom stereocenters. The average Bonchev–Trinajstić information content (AvgIpc) is 2.39. The molecule has 0 radical (unpaired) electrons. The van der Waals surface area contributed by atoms with Crippen LogP contribution in [0.5, 0.6) is 0 Å². The van der Waals surface area contributed by atoms with Crippen LogP contribution in [-0.2, 0) is 4.74 Å². The number of rotatable bonds is 4. The van der Waals surface area contributed by atoms with Crippen LogP contribution < -0.4 is 11.3 Å². The first-order chi connectivity index (χ1) is 9.44. The van der Waals surface area contributed by atoms with Gasteiger partial charge in [0.05, 0.1) is 5.60 Å². The van der Waals surface area contributed by atoms with Crippen molar-refractivity contribution >= 4 is 23.5 Å². The lowest BCUT2D eigenvalue weighted by molar-refractivity contribution is -0.106. The van der Waals surface area contributed by atoms with Gasteiger partial charge in [-0.25, -0.2) is 0 Å². The fourth-order valence-electron chi connectivity index (χ4n) is 3.16. The van der Waals surface area contributed by atoms with Crippen LogP contribution >= 0.6 is 23.5 Å². The van der Waals surface area contributed by atoms with E-state index in [1.807, 2.05) is 11.8 Å². The molecule has 5 heteroatoms. The molecule has 2 saturated heterocycles. The number of nitrogens with two attached hydrogens (primary N) is 1. The molecule has 2 aliphatic rings. The summed E-state index contributed by atoms with van der Waals surface area (Å²) in [6.07, 6.45) is 4.78. The fourth-order valence-corrected chi connectivity index (χ4v) is 5.45. The quantitative estimate of drug-likeness (QED) is 0.616. The SMILES string of the molecule is CC(C)(C)SCC(NN)C1CCOC2(CCSCC2)C1. The summed E-state index contributed by atoms with van der Waals surface area (Å²) < 4.78 is 6.49. The van der Waals surface area contributed by atoms with Gasteiger partial charge in [0.15, 0.2) is 0 Å². The van der Waals surface area contributed by atoms with Crippen LogP contribution in [0.15, 0.2) is 0 Å². The Morgan fingerprint density at radius 2 is 2.10 bits per heavy atom. The molecular weight excluding hydrogens is 288 g/mol. The summed E-state index contributed by atoms with van der Waals surface area (Å²) >= 11 is 4.07. The summed E-state index contributed by atoms with van der Waals surface area (Å²) in [7, 11) is 0. The van der Waals surface area contributed by atoms with Gasteiger partial charge in [-0.15, -0.1) is 0 Å². The number of hydrogen-bond acceptors (Lipinski definition) is 5. The Morgan fingerprint density at radius 1 is 1.40 bits per heavy atom. The third kappa shape index (κ3) is 4.80. The first kappa shape index (κ1) is 16.9. The van der Waals surface area contributed by atoms with Crippen LogP contribution in [0.4, 0.5) is 0 Å². The standard InChI is InChI=1S/C15H30N2OS2/c1-14(2,3)20-11-13(17-16)12-4-7-18-15(10-12)5-8-19-9-6-15/h12-13,17H,4-11,16H2,1-3H3. The first-order valence-corrected chi connectivity index (χ1v) is 9.90. The van der Waals surface area contributed by atoms with Gasteiger partial charge in [0, 0.05) is 23.1 Å². The maximum atomic E-state index is 6.19. The predicted octanol–water partition coefficient (Wildman–Crippen LogP) is 3.04. The molecular formula is C15H30N2OS2. The van der Waals surface area contributed by atoms with E-state index in [2.05, 4.69) is 38.0 Å². The Bertz CT molecular complexity index is 295. The number of ether oxygens (including phenoxy) is 1. The zero-order valence-corrected chi connectivity index (χ0v) is 14.7. The molecule has 0 amide bonds. The summed E-state index contributed by atoms with van der Waals surface area (Å²) in [6, 6.07) is 0.412. The van der Waals surface area contributed by atoms with Crippen molar-refractivity contribution in [3.8, 4) is 0 Å². The highest BCUT2D eigenvalue weighted by Crippen LogP contribution is 2.41. The van der Waals surface area contributed by atoms with E-state index in [4.69, 9.17) is 10.6 Å². The minimum Gasteiger partial charge on any atom is -0.375 e. The summed E-state index contributed by atoms with van der Waals surface area (Å²) in [5, 5.41) is 0. The molecule has 3 nitrogen and oxygen atoms in total. The predicted molar refractivity (Wildman–Crippen MR) is 91.3 cm³/mol. The molecule has 118 valence electrons. The van der Waals surface area contributed by atoms with Gasteiger partial charge in [0.25, 0.3) is 0 Å². The number of nitrogens with one attached hydrogen (secondary N) is 1. The Hall–Kier alpha value is 0.580. The lowest BCUT2D eigenvalue weighted by atomic mass is 9.79. The van der Waals surface area contributed by atoms with Crippen LogP contribution in [0.3, 0.4) is 0 Å². The van der Waals surface area contributed by atoms with Crippen molar-refractivity contribution in [2.45, 2.75) is 62.8 Å². The van der Waals surface area contributed by atoms with E-state index in [0.29, 0.717) is 16.7 Å². The van der Waals surface area contributed by atoms with E-state index in [9.17, 15) is 0 Å². The van der Waals surface area contributed by atoms with Crippen molar-refractivity contribution in [2.75, 3.05) is 23.9 Å². The molecule has 0 aliphatic carbocycles. The van der Waals surface area contributed by atoms with Crippen molar-refractivity contribution in [2.24, 2.45) is 11.8 Å². The topological polar surface area (TPSA) is 47.3 Å². The minimum absolute atomic E-state index is 0.162. The molecule has 2 fully saturated rings. The van der Waals surface area contributed by atoms with Gasteiger partial charge in [-0.3, -0.25) is 11.3 Å². The van der Waals surface area contributed by atoms with Crippen molar-refractivity contribution in [1.29, 1.82) is 0 Å². The van der Waals surface area contributed by atoms with Crippen LogP contribution in [-0.4, -0.2) is 40.3 Å². The molecule has 3 N–H and O–H groups in total. The Morgan fingerprint density at radius 3 is 2.70 bits per heavy atom. The highest BCUT2D eigenvalue weighted by molar-refractivity contribution is 8.00. The van der Waals surface area contributed by atoms with E-state index in [0.717, 1.165) is 18.8 Å². The summed E-state index contributed by atoms with van der Waals surface area (Å²) in [4.78, 5) is 0. The van der Waals surface area contributed by atoms with E-state index in [1.165, 1.54) is 30.8 Å². The molecule has 2 heterocycles. The Balaban J connectivity index is 1.92. The van der Waals surface area contributed by atoms with E-state index >= 15 is 0 Å². The van der Waals surface area contributed by atoms with Crippen molar-refractivity contribution in [3.63, 3.8) is 0 Å². The molecule has 0 bridgehead atoms. The van der Waals surface area contributed by atoms with Crippen molar-refractivity contribution in [1.82, 2.24) is 5.43 Å². The highest BCUT2D eigenvalue weighted by Gasteiger charge is 2.40. The fraction of sp³-hybridized carbons (Fsp3) is 1.00. The van der Waals surface area contributed by atoms with Crippen LogP contribution in [0.1, 0.15) is 46.5 Å². The summed E-state index contributed by atoms with van der Waals surface area (Å²) in [5.74, 6) is 10.1. The maximum absolute atomic E-state index is 6.19. The number of thioether (sulfide) groups is 2. The van der Waals surface area contributed by atoms with E-state index in [-0.39, 0.29) is 5.60 Å². The highest BCUT2D eigenvalue weighted by atomic mass is 32.2. The summed E-state index contributed by atoms with van der Waals surface area (Å²) in [5.41, 5.74) is 3.25. The van der Waals surface area contributed by atoms with E-state index in [1.54, 1.807) is 0 Å². The van der Waals surface area contributed by atoms with Gasteiger partial charge < -0.3 is 4.74 Å². The molecule has 0 aromatic heterocycles. The zero-order valence-electron chi connectivity index (χ0n) is 13.1. The smallest absolute Gasteiger partial charge is 0.0701 e. The third-order valence-electron chi connectivity index (χ3n) is 4.41. The second kappa shape index (κ2) is 7.23. The van der Waals surface area contributed by atoms with Gasteiger partial charge in [-0.2, -0.15) is 23.5 Å². The third-order valence-corrected chi connectivity index (χ3v) is 6.79. The van der Waals surface area contributed by atoms with Gasteiger partial charge in [0.1, 0.15) is 0 Å². The maximum Gasteiger partial charge on any atom is 0.0701 e. The largest absolute Gasteiger partial charge is 0.375 e. The lowest BCUT2D eigenvalue weighted by Crippen LogP contribution is -2.51. The monoisotopic (exact) mass is 318 g/mol. The van der Waals surface area contributed by atoms with Crippen LogP contribution in [0, 0.1) is 5.92 Å².